The molecule has 7 heteroatoms. The number of carbonyl (C=O) groups is 2. The molecule has 2 fully saturated rings. The summed E-state index contributed by atoms with van der Waals surface area (Å²) in [4.78, 5) is 28.7. The van der Waals surface area contributed by atoms with Gasteiger partial charge in [-0.1, -0.05) is 23.7 Å². The number of nitrogens with one attached hydrogen (secondary N) is 1. The first-order chi connectivity index (χ1) is 12.1. The second-order valence-electron chi connectivity index (χ2n) is 6.56. The minimum absolute atomic E-state index is 0.0581. The largest absolute Gasteiger partial charge is 0.339 e. The number of rotatable bonds is 3. The highest BCUT2D eigenvalue weighted by atomic mass is 35.5. The molecule has 0 bridgehead atoms. The van der Waals surface area contributed by atoms with Gasteiger partial charge in [-0.15, -0.1) is 0 Å². The van der Waals surface area contributed by atoms with Crippen LogP contribution < -0.4 is 0 Å². The monoisotopic (exact) mass is 358 g/mol. The molecule has 130 valence electrons. The van der Waals surface area contributed by atoms with Gasteiger partial charge in [-0.25, -0.2) is 0 Å². The second kappa shape index (κ2) is 6.52. The summed E-state index contributed by atoms with van der Waals surface area (Å²) in [6.07, 6.45) is 3.59. The van der Waals surface area contributed by atoms with Crippen LogP contribution in [0.2, 0.25) is 5.02 Å². The van der Waals surface area contributed by atoms with E-state index in [4.69, 9.17) is 11.6 Å². The zero-order valence-corrected chi connectivity index (χ0v) is 14.5. The molecule has 1 N–H and O–H groups in total. The Morgan fingerprint density at radius 2 is 1.68 bits per heavy atom. The molecule has 1 aliphatic carbocycles. The maximum absolute atomic E-state index is 12.9. The van der Waals surface area contributed by atoms with Crippen LogP contribution >= 0.6 is 11.6 Å². The molecule has 0 atom stereocenters. The molecule has 1 aliphatic heterocycles. The topological polar surface area (TPSA) is 69.3 Å². The van der Waals surface area contributed by atoms with E-state index in [1.165, 1.54) is 0 Å². The molecule has 2 aliphatic rings. The lowest BCUT2D eigenvalue weighted by Crippen LogP contribution is -2.51. The number of halogens is 1. The van der Waals surface area contributed by atoms with Crippen LogP contribution in [-0.2, 0) is 4.79 Å². The van der Waals surface area contributed by atoms with Crippen LogP contribution in [-0.4, -0.2) is 58.0 Å². The third-order valence-electron chi connectivity index (χ3n) is 4.81. The van der Waals surface area contributed by atoms with Crippen molar-refractivity contribution in [2.24, 2.45) is 5.92 Å². The van der Waals surface area contributed by atoms with E-state index in [0.29, 0.717) is 42.5 Å². The number of piperazine rings is 1. The molecular weight excluding hydrogens is 340 g/mol. The lowest BCUT2D eigenvalue weighted by atomic mass is 10.1. The summed E-state index contributed by atoms with van der Waals surface area (Å²) in [5.41, 5.74) is 2.11. The summed E-state index contributed by atoms with van der Waals surface area (Å²) in [5, 5.41) is 7.59. The Morgan fingerprint density at radius 1 is 1.04 bits per heavy atom. The molecule has 1 aromatic carbocycles. The van der Waals surface area contributed by atoms with Gasteiger partial charge in [0.1, 0.15) is 0 Å². The van der Waals surface area contributed by atoms with Gasteiger partial charge in [0.25, 0.3) is 5.91 Å². The number of aromatic amines is 1. The fraction of sp³-hybridized carbons (Fsp3) is 0.389. The zero-order valence-electron chi connectivity index (χ0n) is 13.7. The fourth-order valence-corrected chi connectivity index (χ4v) is 3.30. The highest BCUT2D eigenvalue weighted by molar-refractivity contribution is 6.30. The van der Waals surface area contributed by atoms with Crippen molar-refractivity contribution in [2.45, 2.75) is 12.8 Å². The normalized spacial score (nSPS) is 17.6. The predicted molar refractivity (Wildman–Crippen MR) is 94.2 cm³/mol. The number of nitrogens with zero attached hydrogens (tertiary/aromatic N) is 3. The minimum Gasteiger partial charge on any atom is -0.339 e. The molecule has 1 saturated heterocycles. The van der Waals surface area contributed by atoms with Gasteiger partial charge >= 0.3 is 0 Å². The zero-order chi connectivity index (χ0) is 17.4. The molecule has 2 aromatic rings. The highest BCUT2D eigenvalue weighted by Gasteiger charge is 2.35. The summed E-state index contributed by atoms with van der Waals surface area (Å²) in [5.74, 6) is 0.419. The van der Waals surface area contributed by atoms with Crippen LogP contribution in [0.4, 0.5) is 0 Å². The average Bonchev–Trinajstić information content (AvgIpc) is 3.38. The van der Waals surface area contributed by atoms with Gasteiger partial charge in [0, 0.05) is 42.7 Å². The van der Waals surface area contributed by atoms with E-state index in [9.17, 15) is 9.59 Å². The average molecular weight is 359 g/mol. The van der Waals surface area contributed by atoms with E-state index < -0.39 is 0 Å². The Kier molecular flexibility index (Phi) is 4.21. The number of hydrogen-bond donors (Lipinski definition) is 1. The van der Waals surface area contributed by atoms with E-state index in [-0.39, 0.29) is 17.7 Å². The van der Waals surface area contributed by atoms with E-state index in [1.54, 1.807) is 23.2 Å². The summed E-state index contributed by atoms with van der Waals surface area (Å²) in [7, 11) is 0. The van der Waals surface area contributed by atoms with E-state index in [0.717, 1.165) is 18.4 Å². The summed E-state index contributed by atoms with van der Waals surface area (Å²) < 4.78 is 0. The van der Waals surface area contributed by atoms with Crippen LogP contribution in [0.15, 0.2) is 30.5 Å². The minimum atomic E-state index is -0.0581. The van der Waals surface area contributed by atoms with Crippen LogP contribution in [0.3, 0.4) is 0 Å². The maximum atomic E-state index is 12.9. The fourth-order valence-electron chi connectivity index (χ4n) is 3.17. The first-order valence-corrected chi connectivity index (χ1v) is 8.88. The Labute approximate surface area is 150 Å². The SMILES string of the molecule is O=C(c1cn[nH]c1-c1ccc(Cl)cc1)N1CCN(C(=O)C2CC2)CC1. The van der Waals surface area contributed by atoms with Gasteiger partial charge in [-0.2, -0.15) is 5.10 Å². The molecule has 1 saturated carbocycles. The second-order valence-corrected chi connectivity index (χ2v) is 6.99. The van der Waals surface area contributed by atoms with Crippen LogP contribution in [0.5, 0.6) is 0 Å². The molecule has 1 aromatic heterocycles. The van der Waals surface area contributed by atoms with E-state index in [2.05, 4.69) is 10.2 Å². The Morgan fingerprint density at radius 3 is 2.32 bits per heavy atom. The van der Waals surface area contributed by atoms with Crippen molar-refractivity contribution >= 4 is 23.4 Å². The lowest BCUT2D eigenvalue weighted by Gasteiger charge is -2.34. The molecule has 25 heavy (non-hydrogen) atoms. The van der Waals surface area contributed by atoms with Gasteiger partial charge in [0.05, 0.1) is 17.5 Å². The Hall–Kier alpha value is -2.34. The van der Waals surface area contributed by atoms with Gasteiger partial charge in [-0.3, -0.25) is 14.7 Å². The van der Waals surface area contributed by atoms with Gasteiger partial charge < -0.3 is 9.80 Å². The standard InChI is InChI=1S/C18H19ClN4O2/c19-14-5-3-12(4-6-14)16-15(11-20-21-16)18(25)23-9-7-22(8-10-23)17(24)13-1-2-13/h3-6,11,13H,1-2,7-10H2,(H,20,21). The molecule has 0 spiro atoms. The molecule has 2 amide bonds. The number of hydrogen-bond acceptors (Lipinski definition) is 3. The lowest BCUT2D eigenvalue weighted by molar-refractivity contribution is -0.134. The van der Waals surface area contributed by atoms with Gasteiger partial charge in [0.2, 0.25) is 5.91 Å². The number of amides is 2. The van der Waals surface area contributed by atoms with Crippen molar-refractivity contribution in [3.63, 3.8) is 0 Å². The first-order valence-electron chi connectivity index (χ1n) is 8.51. The smallest absolute Gasteiger partial charge is 0.257 e. The van der Waals surface area contributed by atoms with Crippen molar-refractivity contribution < 1.29 is 9.59 Å². The predicted octanol–water partition coefficient (Wildman–Crippen LogP) is 2.42. The molecular formula is C18H19ClN4O2. The van der Waals surface area contributed by atoms with E-state index in [1.807, 2.05) is 17.0 Å². The number of H-pyrrole nitrogens is 1. The first kappa shape index (κ1) is 16.1. The van der Waals surface area contributed by atoms with Crippen LogP contribution in [0.25, 0.3) is 11.3 Å². The van der Waals surface area contributed by atoms with Gasteiger partial charge in [-0.05, 0) is 25.0 Å². The molecule has 6 nitrogen and oxygen atoms in total. The molecule has 0 radical (unpaired) electrons. The Balaban J connectivity index is 1.46. The van der Waals surface area contributed by atoms with Crippen molar-refractivity contribution in [3.05, 3.63) is 41.0 Å². The van der Waals surface area contributed by atoms with Crippen LogP contribution in [0, 0.1) is 5.92 Å². The van der Waals surface area contributed by atoms with Crippen LogP contribution in [0.1, 0.15) is 23.2 Å². The Bertz CT molecular complexity index is 790. The number of benzene rings is 1. The van der Waals surface area contributed by atoms with E-state index >= 15 is 0 Å². The third-order valence-corrected chi connectivity index (χ3v) is 5.06. The van der Waals surface area contributed by atoms with Gasteiger partial charge in [0.15, 0.2) is 0 Å². The molecule has 0 unspecified atom stereocenters. The number of aromatic nitrogens is 2. The van der Waals surface area contributed by atoms with Crippen molar-refractivity contribution in [3.8, 4) is 11.3 Å². The summed E-state index contributed by atoms with van der Waals surface area (Å²) >= 11 is 5.93. The summed E-state index contributed by atoms with van der Waals surface area (Å²) in [6.45, 7) is 2.33. The molecule has 2 heterocycles. The highest BCUT2D eigenvalue weighted by Crippen LogP contribution is 2.31. The van der Waals surface area contributed by atoms with Crippen molar-refractivity contribution in [1.82, 2.24) is 20.0 Å². The molecule has 4 rings (SSSR count). The number of carbonyl (C=O) groups excluding carboxylic acids is 2. The summed E-state index contributed by atoms with van der Waals surface area (Å²) in [6, 6.07) is 7.29. The third kappa shape index (κ3) is 3.26. The van der Waals surface area contributed by atoms with Crippen molar-refractivity contribution in [2.75, 3.05) is 26.2 Å². The van der Waals surface area contributed by atoms with Crippen molar-refractivity contribution in [1.29, 1.82) is 0 Å². The quantitative estimate of drug-likeness (QED) is 0.916. The maximum Gasteiger partial charge on any atom is 0.257 e.